The Bertz CT molecular complexity index is 958. The Hall–Kier alpha value is -2.96. The number of hydrogen-bond donors (Lipinski definition) is 2. The molecule has 3 aromatic rings. The van der Waals surface area contributed by atoms with Crippen LogP contribution in [0, 0.1) is 19.7 Å². The van der Waals surface area contributed by atoms with Crippen LogP contribution in [-0.2, 0) is 11.2 Å². The number of carbonyl (C=O) groups is 1. The van der Waals surface area contributed by atoms with Crippen LogP contribution in [0.1, 0.15) is 16.8 Å². The Labute approximate surface area is 131 Å². The lowest BCUT2D eigenvalue weighted by Gasteiger charge is -2.09. The van der Waals surface area contributed by atoms with Crippen molar-refractivity contribution < 1.29 is 9.18 Å². The molecule has 3 rings (SSSR count). The molecule has 6 nitrogen and oxygen atoms in total. The van der Waals surface area contributed by atoms with Crippen LogP contribution in [0.5, 0.6) is 0 Å². The Balaban J connectivity index is 1.87. The van der Waals surface area contributed by atoms with Crippen molar-refractivity contribution in [2.75, 3.05) is 5.32 Å². The lowest BCUT2D eigenvalue weighted by Crippen LogP contribution is -2.26. The van der Waals surface area contributed by atoms with Gasteiger partial charge in [0, 0.05) is 29.2 Å². The molecule has 2 aromatic heterocycles. The van der Waals surface area contributed by atoms with E-state index in [0.717, 1.165) is 0 Å². The monoisotopic (exact) mass is 314 g/mol. The number of hydrogen-bond acceptors (Lipinski definition) is 3. The summed E-state index contributed by atoms with van der Waals surface area (Å²) in [5.41, 5.74) is 2.17. The van der Waals surface area contributed by atoms with Crippen molar-refractivity contribution in [1.29, 1.82) is 0 Å². The molecule has 1 amide bonds. The van der Waals surface area contributed by atoms with Gasteiger partial charge >= 0.3 is 0 Å². The minimum absolute atomic E-state index is 0.101. The SMILES string of the molecule is Cc1cc(F)ccc1NC(=O)Cc1c(C)nc2cc[nH]n2c1=O. The summed E-state index contributed by atoms with van der Waals surface area (Å²) in [4.78, 5) is 28.9. The van der Waals surface area contributed by atoms with Crippen molar-refractivity contribution in [3.05, 3.63) is 63.5 Å². The second kappa shape index (κ2) is 5.68. The van der Waals surface area contributed by atoms with Gasteiger partial charge in [0.05, 0.1) is 6.42 Å². The molecule has 2 N–H and O–H groups in total. The third-order valence-corrected chi connectivity index (χ3v) is 3.65. The van der Waals surface area contributed by atoms with E-state index in [1.54, 1.807) is 26.1 Å². The number of benzene rings is 1. The summed E-state index contributed by atoms with van der Waals surface area (Å²) >= 11 is 0. The van der Waals surface area contributed by atoms with Gasteiger partial charge in [-0.1, -0.05) is 0 Å². The van der Waals surface area contributed by atoms with E-state index in [4.69, 9.17) is 0 Å². The van der Waals surface area contributed by atoms with Crippen LogP contribution >= 0.6 is 0 Å². The maximum absolute atomic E-state index is 13.1. The predicted molar refractivity (Wildman–Crippen MR) is 84.0 cm³/mol. The van der Waals surface area contributed by atoms with Gasteiger partial charge in [-0.3, -0.25) is 14.7 Å². The number of nitrogens with one attached hydrogen (secondary N) is 2. The molecule has 0 unspecified atom stereocenters. The quantitative estimate of drug-likeness (QED) is 0.775. The van der Waals surface area contributed by atoms with Gasteiger partial charge in [-0.25, -0.2) is 13.9 Å². The average molecular weight is 314 g/mol. The molecule has 0 atom stereocenters. The molecule has 7 heteroatoms. The molecule has 0 fully saturated rings. The van der Waals surface area contributed by atoms with Crippen LogP contribution in [0.3, 0.4) is 0 Å². The van der Waals surface area contributed by atoms with Gasteiger partial charge in [-0.05, 0) is 37.6 Å². The standard InChI is InChI=1S/C16H15FN4O2/c1-9-7-11(17)3-4-13(9)20-15(22)8-12-10(2)19-14-5-6-18-21(14)16(12)23/h3-7,18H,8H2,1-2H3,(H,20,22). The number of nitrogens with zero attached hydrogens (tertiary/aromatic N) is 2. The Morgan fingerprint density at radius 1 is 1.35 bits per heavy atom. The summed E-state index contributed by atoms with van der Waals surface area (Å²) in [5.74, 6) is -0.718. The number of rotatable bonds is 3. The molecule has 23 heavy (non-hydrogen) atoms. The maximum Gasteiger partial charge on any atom is 0.276 e. The number of anilines is 1. The second-order valence-corrected chi connectivity index (χ2v) is 5.32. The molecule has 0 radical (unpaired) electrons. The molecule has 0 aliphatic carbocycles. The number of aromatic amines is 1. The minimum atomic E-state index is -0.365. The highest BCUT2D eigenvalue weighted by Gasteiger charge is 2.15. The molecule has 0 saturated heterocycles. The zero-order chi connectivity index (χ0) is 16.6. The third-order valence-electron chi connectivity index (χ3n) is 3.65. The first-order chi connectivity index (χ1) is 11.0. The van der Waals surface area contributed by atoms with Crippen molar-refractivity contribution in [3.8, 4) is 0 Å². The summed E-state index contributed by atoms with van der Waals surface area (Å²) < 4.78 is 14.4. The van der Waals surface area contributed by atoms with E-state index in [1.165, 1.54) is 22.7 Å². The number of fused-ring (bicyclic) bond motifs is 1. The number of aromatic nitrogens is 3. The fourth-order valence-electron chi connectivity index (χ4n) is 2.43. The average Bonchev–Trinajstić information content (AvgIpc) is 2.95. The van der Waals surface area contributed by atoms with Gasteiger partial charge < -0.3 is 5.32 Å². The molecule has 0 aliphatic rings. The van der Waals surface area contributed by atoms with E-state index < -0.39 is 0 Å². The van der Waals surface area contributed by atoms with E-state index in [0.29, 0.717) is 28.2 Å². The number of halogens is 1. The molecule has 118 valence electrons. The zero-order valence-corrected chi connectivity index (χ0v) is 12.7. The normalized spacial score (nSPS) is 10.9. The van der Waals surface area contributed by atoms with Gasteiger partial charge in [0.2, 0.25) is 5.91 Å². The van der Waals surface area contributed by atoms with Gasteiger partial charge in [0.25, 0.3) is 5.56 Å². The topological polar surface area (TPSA) is 79.3 Å². The van der Waals surface area contributed by atoms with Crippen molar-refractivity contribution in [2.24, 2.45) is 0 Å². The summed E-state index contributed by atoms with van der Waals surface area (Å²) in [6.07, 6.45) is 1.51. The first kappa shape index (κ1) is 15.0. The summed E-state index contributed by atoms with van der Waals surface area (Å²) in [6.45, 7) is 3.39. The lowest BCUT2D eigenvalue weighted by molar-refractivity contribution is -0.115. The van der Waals surface area contributed by atoms with Crippen molar-refractivity contribution >= 4 is 17.2 Å². The van der Waals surface area contributed by atoms with Crippen molar-refractivity contribution in [3.63, 3.8) is 0 Å². The molecule has 0 saturated carbocycles. The third kappa shape index (κ3) is 2.85. The highest BCUT2D eigenvalue weighted by Crippen LogP contribution is 2.16. The van der Waals surface area contributed by atoms with E-state index in [2.05, 4.69) is 15.4 Å². The molecular formula is C16H15FN4O2. The Kier molecular flexibility index (Phi) is 3.69. The van der Waals surface area contributed by atoms with Crippen LogP contribution in [0.4, 0.5) is 10.1 Å². The van der Waals surface area contributed by atoms with E-state index in [9.17, 15) is 14.0 Å². The Morgan fingerprint density at radius 2 is 2.13 bits per heavy atom. The number of aryl methyl sites for hydroxylation is 2. The Morgan fingerprint density at radius 3 is 2.87 bits per heavy atom. The largest absolute Gasteiger partial charge is 0.326 e. The van der Waals surface area contributed by atoms with Crippen LogP contribution in [0.25, 0.3) is 5.65 Å². The highest BCUT2D eigenvalue weighted by atomic mass is 19.1. The molecule has 0 spiro atoms. The van der Waals surface area contributed by atoms with Gasteiger partial charge in [-0.15, -0.1) is 0 Å². The fraction of sp³-hybridized carbons (Fsp3) is 0.188. The maximum atomic E-state index is 13.1. The summed E-state index contributed by atoms with van der Waals surface area (Å²) in [7, 11) is 0. The smallest absolute Gasteiger partial charge is 0.276 e. The molecule has 0 bridgehead atoms. The van der Waals surface area contributed by atoms with Crippen LogP contribution in [0.2, 0.25) is 0 Å². The van der Waals surface area contributed by atoms with Crippen molar-refractivity contribution in [2.45, 2.75) is 20.3 Å². The lowest BCUT2D eigenvalue weighted by atomic mass is 10.1. The van der Waals surface area contributed by atoms with Crippen molar-refractivity contribution in [1.82, 2.24) is 14.6 Å². The summed E-state index contributed by atoms with van der Waals surface area (Å²) in [5, 5.41) is 5.45. The fourth-order valence-corrected chi connectivity index (χ4v) is 2.43. The molecule has 1 aromatic carbocycles. The van der Waals surface area contributed by atoms with Gasteiger partial charge in [0.1, 0.15) is 5.82 Å². The molecular weight excluding hydrogens is 299 g/mol. The van der Waals surface area contributed by atoms with Gasteiger partial charge in [0.15, 0.2) is 5.65 Å². The first-order valence-corrected chi connectivity index (χ1v) is 7.07. The van der Waals surface area contributed by atoms with E-state index in [-0.39, 0.29) is 23.7 Å². The van der Waals surface area contributed by atoms with Crippen LogP contribution in [0.15, 0.2) is 35.3 Å². The van der Waals surface area contributed by atoms with E-state index in [1.807, 2.05) is 0 Å². The number of H-pyrrole nitrogens is 1. The second-order valence-electron chi connectivity index (χ2n) is 5.32. The molecule has 2 heterocycles. The number of amides is 1. The van der Waals surface area contributed by atoms with Gasteiger partial charge in [-0.2, -0.15) is 0 Å². The molecule has 0 aliphatic heterocycles. The zero-order valence-electron chi connectivity index (χ0n) is 12.7. The number of carbonyl (C=O) groups excluding carboxylic acids is 1. The van der Waals surface area contributed by atoms with Crippen LogP contribution < -0.4 is 10.9 Å². The summed E-state index contributed by atoms with van der Waals surface area (Å²) in [6, 6.07) is 5.78. The predicted octanol–water partition coefficient (Wildman–Crippen LogP) is 1.96. The minimum Gasteiger partial charge on any atom is -0.326 e. The van der Waals surface area contributed by atoms with Crippen LogP contribution in [-0.4, -0.2) is 20.5 Å². The van der Waals surface area contributed by atoms with E-state index >= 15 is 0 Å². The highest BCUT2D eigenvalue weighted by molar-refractivity contribution is 5.93. The first-order valence-electron chi connectivity index (χ1n) is 7.07.